The van der Waals surface area contributed by atoms with E-state index in [4.69, 9.17) is 9.84 Å². The lowest BCUT2D eigenvalue weighted by Crippen LogP contribution is -2.27. The smallest absolute Gasteiger partial charge is 0.336 e. The van der Waals surface area contributed by atoms with Crippen LogP contribution in [-0.2, 0) is 11.3 Å². The minimum atomic E-state index is -0.869. The van der Waals surface area contributed by atoms with Crippen LogP contribution < -0.4 is 0 Å². The molecule has 1 N–H and O–H groups in total. The first-order valence-corrected chi connectivity index (χ1v) is 6.30. The van der Waals surface area contributed by atoms with Gasteiger partial charge in [-0.05, 0) is 25.1 Å². The zero-order valence-corrected chi connectivity index (χ0v) is 11.1. The van der Waals surface area contributed by atoms with Crippen molar-refractivity contribution in [2.75, 3.05) is 26.3 Å². The van der Waals surface area contributed by atoms with E-state index in [1.807, 2.05) is 19.1 Å². The SMILES string of the molecule is CCOCCN(CC)Cc1ccccc1C(=O)O. The summed E-state index contributed by atoms with van der Waals surface area (Å²) in [5.41, 5.74) is 1.23. The van der Waals surface area contributed by atoms with Crippen molar-refractivity contribution in [3.05, 3.63) is 35.4 Å². The Kier molecular flexibility index (Phi) is 6.39. The fraction of sp³-hybridized carbons (Fsp3) is 0.500. The lowest BCUT2D eigenvalue weighted by Gasteiger charge is -2.21. The molecule has 0 bridgehead atoms. The van der Waals surface area contributed by atoms with Crippen molar-refractivity contribution < 1.29 is 14.6 Å². The van der Waals surface area contributed by atoms with Gasteiger partial charge >= 0.3 is 5.97 Å². The molecule has 0 unspecified atom stereocenters. The molecule has 0 atom stereocenters. The number of aromatic carboxylic acids is 1. The van der Waals surface area contributed by atoms with Gasteiger partial charge in [0.15, 0.2) is 0 Å². The van der Waals surface area contributed by atoms with E-state index in [9.17, 15) is 4.79 Å². The van der Waals surface area contributed by atoms with Gasteiger partial charge in [0, 0.05) is 19.7 Å². The molecule has 100 valence electrons. The molecule has 0 spiro atoms. The summed E-state index contributed by atoms with van der Waals surface area (Å²) in [5, 5.41) is 9.12. The Bertz CT molecular complexity index is 379. The Morgan fingerprint density at radius 3 is 2.67 bits per heavy atom. The predicted octanol–water partition coefficient (Wildman–Crippen LogP) is 2.24. The number of carbonyl (C=O) groups is 1. The van der Waals surface area contributed by atoms with Gasteiger partial charge in [-0.3, -0.25) is 4.90 Å². The summed E-state index contributed by atoms with van der Waals surface area (Å²) >= 11 is 0. The first kappa shape index (κ1) is 14.7. The van der Waals surface area contributed by atoms with Crippen LogP contribution in [0, 0.1) is 0 Å². The van der Waals surface area contributed by atoms with Gasteiger partial charge in [-0.2, -0.15) is 0 Å². The molecular formula is C14H21NO3. The van der Waals surface area contributed by atoms with Crippen LogP contribution in [0.25, 0.3) is 0 Å². The first-order chi connectivity index (χ1) is 8.69. The number of carboxylic acid groups (broad SMARTS) is 1. The standard InChI is InChI=1S/C14H21NO3/c1-3-15(9-10-18-4-2)11-12-7-5-6-8-13(12)14(16)17/h5-8H,3-4,9-11H2,1-2H3,(H,16,17). The third-order valence-electron chi connectivity index (χ3n) is 2.84. The highest BCUT2D eigenvalue weighted by Gasteiger charge is 2.11. The second-order valence-electron chi connectivity index (χ2n) is 4.03. The van der Waals surface area contributed by atoms with Crippen molar-refractivity contribution >= 4 is 5.97 Å². The van der Waals surface area contributed by atoms with Gasteiger partial charge in [0.1, 0.15) is 0 Å². The summed E-state index contributed by atoms with van der Waals surface area (Å²) in [6.45, 7) is 7.76. The summed E-state index contributed by atoms with van der Waals surface area (Å²) in [4.78, 5) is 13.3. The number of hydrogen-bond acceptors (Lipinski definition) is 3. The third kappa shape index (κ3) is 4.47. The maximum absolute atomic E-state index is 11.1. The van der Waals surface area contributed by atoms with Crippen LogP contribution in [0.15, 0.2) is 24.3 Å². The number of benzene rings is 1. The van der Waals surface area contributed by atoms with Gasteiger partial charge in [0.2, 0.25) is 0 Å². The van der Waals surface area contributed by atoms with E-state index < -0.39 is 5.97 Å². The molecular weight excluding hydrogens is 230 g/mol. The second kappa shape index (κ2) is 7.84. The molecule has 0 aliphatic rings. The normalized spacial score (nSPS) is 10.8. The quantitative estimate of drug-likeness (QED) is 0.720. The predicted molar refractivity (Wildman–Crippen MR) is 70.8 cm³/mol. The van der Waals surface area contributed by atoms with Gasteiger partial charge < -0.3 is 9.84 Å². The van der Waals surface area contributed by atoms with E-state index in [0.717, 1.165) is 18.7 Å². The minimum Gasteiger partial charge on any atom is -0.478 e. The number of carboxylic acids is 1. The molecule has 0 aliphatic heterocycles. The van der Waals surface area contributed by atoms with Crippen LogP contribution in [0.1, 0.15) is 29.8 Å². The molecule has 0 fully saturated rings. The highest BCUT2D eigenvalue weighted by atomic mass is 16.5. The zero-order chi connectivity index (χ0) is 13.4. The maximum Gasteiger partial charge on any atom is 0.336 e. The molecule has 0 aromatic heterocycles. The average Bonchev–Trinajstić information content (AvgIpc) is 2.38. The molecule has 4 nitrogen and oxygen atoms in total. The number of rotatable bonds is 8. The summed E-state index contributed by atoms with van der Waals surface area (Å²) in [6, 6.07) is 7.14. The molecule has 0 heterocycles. The Morgan fingerprint density at radius 2 is 2.06 bits per heavy atom. The van der Waals surface area contributed by atoms with Gasteiger partial charge in [-0.1, -0.05) is 25.1 Å². The van der Waals surface area contributed by atoms with Crippen molar-refractivity contribution in [1.29, 1.82) is 0 Å². The molecule has 18 heavy (non-hydrogen) atoms. The Balaban J connectivity index is 2.66. The summed E-state index contributed by atoms with van der Waals surface area (Å²) < 4.78 is 5.32. The summed E-state index contributed by atoms with van der Waals surface area (Å²) in [6.07, 6.45) is 0. The third-order valence-corrected chi connectivity index (χ3v) is 2.84. The lowest BCUT2D eigenvalue weighted by molar-refractivity contribution is 0.0693. The number of ether oxygens (including phenoxy) is 1. The molecule has 0 amide bonds. The van der Waals surface area contributed by atoms with E-state index in [1.165, 1.54) is 0 Å². The molecule has 0 saturated heterocycles. The molecule has 0 saturated carbocycles. The van der Waals surface area contributed by atoms with Gasteiger partial charge in [-0.25, -0.2) is 4.79 Å². The average molecular weight is 251 g/mol. The van der Waals surface area contributed by atoms with Crippen molar-refractivity contribution in [3.63, 3.8) is 0 Å². The maximum atomic E-state index is 11.1. The van der Waals surface area contributed by atoms with Crippen LogP contribution in [0.4, 0.5) is 0 Å². The zero-order valence-electron chi connectivity index (χ0n) is 11.1. The van der Waals surface area contributed by atoms with Crippen LogP contribution in [-0.4, -0.2) is 42.3 Å². The van der Waals surface area contributed by atoms with Gasteiger partial charge in [0.05, 0.1) is 12.2 Å². The van der Waals surface area contributed by atoms with Crippen LogP contribution >= 0.6 is 0 Å². The van der Waals surface area contributed by atoms with Gasteiger partial charge in [0.25, 0.3) is 0 Å². The monoisotopic (exact) mass is 251 g/mol. The van der Waals surface area contributed by atoms with Crippen molar-refractivity contribution in [2.24, 2.45) is 0 Å². The van der Waals surface area contributed by atoms with Crippen LogP contribution in [0.3, 0.4) is 0 Å². The molecule has 1 aromatic rings. The number of hydrogen-bond donors (Lipinski definition) is 1. The number of likely N-dealkylation sites (N-methyl/N-ethyl adjacent to an activating group) is 1. The van der Waals surface area contributed by atoms with E-state index in [0.29, 0.717) is 25.3 Å². The topological polar surface area (TPSA) is 49.8 Å². The Labute approximate surface area is 108 Å². The van der Waals surface area contributed by atoms with E-state index >= 15 is 0 Å². The fourth-order valence-electron chi connectivity index (χ4n) is 1.79. The number of nitrogens with zero attached hydrogens (tertiary/aromatic N) is 1. The van der Waals surface area contributed by atoms with Crippen LogP contribution in [0.2, 0.25) is 0 Å². The molecule has 0 radical (unpaired) electrons. The molecule has 4 heteroatoms. The first-order valence-electron chi connectivity index (χ1n) is 6.30. The van der Waals surface area contributed by atoms with Crippen LogP contribution in [0.5, 0.6) is 0 Å². The lowest BCUT2D eigenvalue weighted by atomic mass is 10.1. The molecule has 1 aromatic carbocycles. The largest absolute Gasteiger partial charge is 0.478 e. The fourth-order valence-corrected chi connectivity index (χ4v) is 1.79. The highest BCUT2D eigenvalue weighted by molar-refractivity contribution is 5.89. The second-order valence-corrected chi connectivity index (χ2v) is 4.03. The molecule has 0 aliphatic carbocycles. The van der Waals surface area contributed by atoms with E-state index in [1.54, 1.807) is 12.1 Å². The van der Waals surface area contributed by atoms with E-state index in [-0.39, 0.29) is 0 Å². The van der Waals surface area contributed by atoms with E-state index in [2.05, 4.69) is 11.8 Å². The van der Waals surface area contributed by atoms with Crippen molar-refractivity contribution in [2.45, 2.75) is 20.4 Å². The molecule has 1 rings (SSSR count). The van der Waals surface area contributed by atoms with Crippen molar-refractivity contribution in [3.8, 4) is 0 Å². The van der Waals surface area contributed by atoms with Gasteiger partial charge in [-0.15, -0.1) is 0 Å². The highest BCUT2D eigenvalue weighted by Crippen LogP contribution is 2.11. The summed E-state index contributed by atoms with van der Waals surface area (Å²) in [7, 11) is 0. The summed E-state index contributed by atoms with van der Waals surface area (Å²) in [5.74, 6) is -0.869. The minimum absolute atomic E-state index is 0.382. The van der Waals surface area contributed by atoms with Crippen molar-refractivity contribution in [1.82, 2.24) is 4.90 Å². The Hall–Kier alpha value is -1.39. The Morgan fingerprint density at radius 1 is 1.33 bits per heavy atom.